The van der Waals surface area contributed by atoms with Crippen LogP contribution in [0.3, 0.4) is 0 Å². The Labute approximate surface area is 216 Å². The molecule has 188 valence electrons. The number of carbonyl (C=O) groups is 1. The fourth-order valence-corrected chi connectivity index (χ4v) is 4.49. The summed E-state index contributed by atoms with van der Waals surface area (Å²) >= 11 is 1.64. The van der Waals surface area contributed by atoms with Gasteiger partial charge in [0, 0.05) is 36.2 Å². The lowest BCUT2D eigenvalue weighted by molar-refractivity contribution is 0.0753. The van der Waals surface area contributed by atoms with Crippen molar-refractivity contribution in [3.8, 4) is 6.07 Å². The molecule has 2 aliphatic heterocycles. The van der Waals surface area contributed by atoms with Crippen molar-refractivity contribution in [2.24, 2.45) is 15.8 Å². The average Bonchev–Trinajstić information content (AvgIpc) is 3.60. The minimum absolute atomic E-state index is 0.00839. The molecule has 0 bridgehead atoms. The fraction of sp³-hybridized carbons (Fsp3) is 0.346. The van der Waals surface area contributed by atoms with E-state index in [1.165, 1.54) is 6.21 Å². The molecule has 0 saturated carbocycles. The van der Waals surface area contributed by atoms with Crippen molar-refractivity contribution >= 4 is 41.2 Å². The first-order valence-electron chi connectivity index (χ1n) is 11.9. The van der Waals surface area contributed by atoms with Crippen molar-refractivity contribution in [1.29, 1.82) is 10.7 Å². The molecule has 3 rings (SSSR count). The molecule has 0 aromatic heterocycles. The molecule has 4 N–H and O–H groups in total. The predicted octanol–water partition coefficient (Wildman–Crippen LogP) is 4.35. The molecule has 0 atom stereocenters. The first-order chi connectivity index (χ1) is 17.4. The monoisotopic (exact) mass is 505 g/mol. The van der Waals surface area contributed by atoms with Gasteiger partial charge in [-0.05, 0) is 37.0 Å². The molecule has 10 heteroatoms. The molecule has 0 fully saturated rings. The van der Waals surface area contributed by atoms with E-state index in [2.05, 4.69) is 35.1 Å². The zero-order valence-electron chi connectivity index (χ0n) is 20.6. The second-order valence-electron chi connectivity index (χ2n) is 8.23. The van der Waals surface area contributed by atoms with Gasteiger partial charge in [-0.2, -0.15) is 5.26 Å². The van der Waals surface area contributed by atoms with Gasteiger partial charge in [0.05, 0.1) is 16.5 Å². The lowest BCUT2D eigenvalue weighted by Gasteiger charge is -2.22. The molecular weight excluding hydrogens is 474 g/mol. The molecule has 0 aliphatic carbocycles. The molecule has 1 aromatic carbocycles. The largest absolute Gasteiger partial charge is 0.416 e. The third-order valence-corrected chi connectivity index (χ3v) is 6.61. The normalized spacial score (nSPS) is 16.0. The van der Waals surface area contributed by atoms with Gasteiger partial charge in [-0.3, -0.25) is 10.2 Å². The van der Waals surface area contributed by atoms with Crippen LogP contribution in [0.25, 0.3) is 5.57 Å². The number of amidine groups is 1. The van der Waals surface area contributed by atoms with Crippen molar-refractivity contribution in [2.75, 3.05) is 18.8 Å². The van der Waals surface area contributed by atoms with Gasteiger partial charge >= 0.3 is 0 Å². The maximum absolute atomic E-state index is 13.0. The SMILES string of the molecule is C=C(C=NC(=N)C(N)=C1NN=C(C2=CCCS2)O1)c1ccc(C(=O)N(CCC)CCCC)cc1C#N. The number of unbranched alkanes of at least 4 members (excludes halogenated alkanes) is 1. The standard InChI is InChI=1S/C26H31N7O2S/c1-4-6-12-33(11-5-2)26(34)18-9-10-20(19(14-18)15-27)17(3)16-30-23(29)22(28)25-32-31-24(35-25)21-8-7-13-36-21/h8-10,14,16,29,32H,3-7,11-13,28H2,1-2H3. The number of hydrazone groups is 1. The van der Waals surface area contributed by atoms with Crippen molar-refractivity contribution in [1.82, 2.24) is 10.3 Å². The maximum Gasteiger partial charge on any atom is 0.253 e. The number of amides is 1. The first-order valence-corrected chi connectivity index (χ1v) is 12.9. The van der Waals surface area contributed by atoms with Crippen LogP contribution in [-0.2, 0) is 4.74 Å². The molecule has 0 radical (unpaired) electrons. The molecule has 1 amide bonds. The Balaban J connectivity index is 1.70. The van der Waals surface area contributed by atoms with Gasteiger partial charge in [0.1, 0.15) is 5.70 Å². The summed E-state index contributed by atoms with van der Waals surface area (Å²) in [6.45, 7) is 9.46. The van der Waals surface area contributed by atoms with Gasteiger partial charge < -0.3 is 15.4 Å². The van der Waals surface area contributed by atoms with Crippen LogP contribution in [0, 0.1) is 16.7 Å². The highest BCUT2D eigenvalue weighted by Gasteiger charge is 2.23. The van der Waals surface area contributed by atoms with Gasteiger partial charge in [0.25, 0.3) is 11.8 Å². The summed E-state index contributed by atoms with van der Waals surface area (Å²) in [4.78, 5) is 19.8. The Hall–Kier alpha value is -3.84. The van der Waals surface area contributed by atoms with E-state index in [1.807, 2.05) is 17.9 Å². The number of ether oxygens (including phenoxy) is 1. The highest BCUT2D eigenvalue weighted by atomic mass is 32.2. The summed E-state index contributed by atoms with van der Waals surface area (Å²) in [7, 11) is 0. The molecular formula is C26H31N7O2S. The number of hydrogen-bond donors (Lipinski definition) is 3. The number of allylic oxidation sites excluding steroid dienone is 2. The van der Waals surface area contributed by atoms with Crippen molar-refractivity contribution in [2.45, 2.75) is 39.5 Å². The van der Waals surface area contributed by atoms with Crippen LogP contribution < -0.4 is 11.2 Å². The van der Waals surface area contributed by atoms with Crippen LogP contribution in [-0.4, -0.2) is 47.6 Å². The molecule has 0 unspecified atom stereocenters. The molecule has 2 aliphatic rings. The number of thioether (sulfide) groups is 1. The summed E-state index contributed by atoms with van der Waals surface area (Å²) in [5, 5.41) is 22.0. The van der Waals surface area contributed by atoms with E-state index in [-0.39, 0.29) is 23.3 Å². The average molecular weight is 506 g/mol. The van der Waals surface area contributed by atoms with E-state index < -0.39 is 0 Å². The third-order valence-electron chi connectivity index (χ3n) is 5.52. The zero-order valence-corrected chi connectivity index (χ0v) is 21.5. The van der Waals surface area contributed by atoms with Gasteiger partial charge in [-0.25, -0.2) is 10.4 Å². The number of rotatable bonds is 10. The first kappa shape index (κ1) is 26.8. The summed E-state index contributed by atoms with van der Waals surface area (Å²) < 4.78 is 5.64. The minimum atomic E-state index is -0.236. The molecule has 9 nitrogen and oxygen atoms in total. The molecule has 0 saturated heterocycles. The summed E-state index contributed by atoms with van der Waals surface area (Å²) in [5.41, 5.74) is 10.4. The van der Waals surface area contributed by atoms with Crippen LogP contribution in [0.2, 0.25) is 0 Å². The molecule has 2 heterocycles. The van der Waals surface area contributed by atoms with Crippen molar-refractivity contribution in [3.05, 3.63) is 64.0 Å². The lowest BCUT2D eigenvalue weighted by Crippen LogP contribution is -2.32. The van der Waals surface area contributed by atoms with Crippen molar-refractivity contribution in [3.63, 3.8) is 0 Å². The van der Waals surface area contributed by atoms with Gasteiger partial charge in [0.15, 0.2) is 5.84 Å². The van der Waals surface area contributed by atoms with E-state index >= 15 is 0 Å². The van der Waals surface area contributed by atoms with Gasteiger partial charge in [-0.15, -0.1) is 16.9 Å². The lowest BCUT2D eigenvalue weighted by atomic mass is 9.99. The number of nitrogens with zero attached hydrogens (tertiary/aromatic N) is 4. The Morgan fingerprint density at radius 3 is 2.89 bits per heavy atom. The second-order valence-corrected chi connectivity index (χ2v) is 9.37. The van der Waals surface area contributed by atoms with E-state index in [4.69, 9.17) is 15.9 Å². The van der Waals surface area contributed by atoms with E-state index in [1.54, 1.807) is 30.0 Å². The summed E-state index contributed by atoms with van der Waals surface area (Å²) in [6.07, 6.45) is 7.15. The van der Waals surface area contributed by atoms with Gasteiger partial charge in [0.2, 0.25) is 5.88 Å². The maximum atomic E-state index is 13.0. The molecule has 0 spiro atoms. The third kappa shape index (κ3) is 6.43. The van der Waals surface area contributed by atoms with Crippen LogP contribution in [0.1, 0.15) is 61.0 Å². The molecule has 1 aromatic rings. The Bertz CT molecular complexity index is 1210. The Morgan fingerprint density at radius 1 is 1.42 bits per heavy atom. The smallest absolute Gasteiger partial charge is 0.253 e. The minimum Gasteiger partial charge on any atom is -0.416 e. The number of nitriles is 1. The van der Waals surface area contributed by atoms with E-state index in [0.717, 1.165) is 36.3 Å². The highest BCUT2D eigenvalue weighted by molar-refractivity contribution is 8.04. The Morgan fingerprint density at radius 2 is 2.22 bits per heavy atom. The number of benzene rings is 1. The fourth-order valence-electron chi connectivity index (χ4n) is 3.59. The van der Waals surface area contributed by atoms with Crippen LogP contribution in [0.15, 0.2) is 57.4 Å². The van der Waals surface area contributed by atoms with Crippen LogP contribution in [0.5, 0.6) is 0 Å². The van der Waals surface area contributed by atoms with Crippen LogP contribution in [0.4, 0.5) is 0 Å². The number of nitrogens with two attached hydrogens (primary N) is 1. The topological polar surface area (TPSA) is 140 Å². The van der Waals surface area contributed by atoms with Crippen LogP contribution >= 0.6 is 11.8 Å². The van der Waals surface area contributed by atoms with E-state index in [9.17, 15) is 10.1 Å². The Kier molecular flexibility index (Phi) is 9.47. The highest BCUT2D eigenvalue weighted by Crippen LogP contribution is 2.28. The number of nitrogens with one attached hydrogen (secondary N) is 2. The van der Waals surface area contributed by atoms with Crippen molar-refractivity contribution < 1.29 is 9.53 Å². The molecule has 36 heavy (non-hydrogen) atoms. The number of aliphatic imine (C=N–C) groups is 1. The second kappa shape index (κ2) is 12.7. The summed E-state index contributed by atoms with van der Waals surface area (Å²) in [5.74, 6) is 1.22. The van der Waals surface area contributed by atoms with E-state index in [0.29, 0.717) is 41.3 Å². The van der Waals surface area contributed by atoms with Gasteiger partial charge in [-0.1, -0.05) is 39.0 Å². The quantitative estimate of drug-likeness (QED) is 0.319. The number of carbonyl (C=O) groups excluding carboxylic acids is 1. The number of hydrogen-bond acceptors (Lipinski definition) is 8. The summed E-state index contributed by atoms with van der Waals surface area (Å²) in [6, 6.07) is 7.10. The zero-order chi connectivity index (χ0) is 26.1. The predicted molar refractivity (Wildman–Crippen MR) is 146 cm³/mol.